The van der Waals surface area contributed by atoms with E-state index in [2.05, 4.69) is 0 Å². The second-order valence-corrected chi connectivity index (χ2v) is 4.53. The SMILES string of the molecule is CCOc1ccc(CC2(C(=O)OC)CC2)cc1. The highest BCUT2D eigenvalue weighted by atomic mass is 16.5. The molecule has 0 bridgehead atoms. The van der Waals surface area contributed by atoms with Crippen LogP contribution in [0.15, 0.2) is 24.3 Å². The second kappa shape index (κ2) is 4.78. The minimum atomic E-state index is -0.248. The molecule has 1 aromatic carbocycles. The highest BCUT2D eigenvalue weighted by molar-refractivity contribution is 5.80. The molecule has 0 atom stereocenters. The monoisotopic (exact) mass is 234 g/mol. The Morgan fingerprint density at radius 1 is 1.29 bits per heavy atom. The minimum absolute atomic E-state index is 0.0774. The number of esters is 1. The van der Waals surface area contributed by atoms with E-state index in [4.69, 9.17) is 9.47 Å². The highest BCUT2D eigenvalue weighted by Gasteiger charge is 2.50. The van der Waals surface area contributed by atoms with Crippen LogP contribution in [0.25, 0.3) is 0 Å². The number of ether oxygens (including phenoxy) is 2. The van der Waals surface area contributed by atoms with E-state index in [-0.39, 0.29) is 11.4 Å². The molecule has 0 saturated heterocycles. The summed E-state index contributed by atoms with van der Waals surface area (Å²) >= 11 is 0. The number of carbonyl (C=O) groups excluding carboxylic acids is 1. The molecule has 2 rings (SSSR count). The summed E-state index contributed by atoms with van der Waals surface area (Å²) in [4.78, 5) is 11.6. The van der Waals surface area contributed by atoms with Gasteiger partial charge in [-0.15, -0.1) is 0 Å². The van der Waals surface area contributed by atoms with Crippen molar-refractivity contribution in [3.05, 3.63) is 29.8 Å². The molecule has 1 saturated carbocycles. The van der Waals surface area contributed by atoms with Gasteiger partial charge in [0.1, 0.15) is 5.75 Å². The van der Waals surface area contributed by atoms with Crippen LogP contribution < -0.4 is 4.74 Å². The lowest BCUT2D eigenvalue weighted by Gasteiger charge is -2.12. The molecule has 1 aliphatic rings. The first-order chi connectivity index (χ1) is 8.20. The molecule has 1 aliphatic carbocycles. The third-order valence-electron chi connectivity index (χ3n) is 3.25. The number of benzene rings is 1. The van der Waals surface area contributed by atoms with E-state index in [1.165, 1.54) is 7.11 Å². The number of methoxy groups -OCH3 is 1. The van der Waals surface area contributed by atoms with Crippen molar-refractivity contribution in [2.75, 3.05) is 13.7 Å². The zero-order valence-electron chi connectivity index (χ0n) is 10.4. The van der Waals surface area contributed by atoms with Crippen LogP contribution >= 0.6 is 0 Å². The summed E-state index contributed by atoms with van der Waals surface area (Å²) in [5, 5.41) is 0. The maximum absolute atomic E-state index is 11.6. The van der Waals surface area contributed by atoms with Crippen LogP contribution in [0.2, 0.25) is 0 Å². The largest absolute Gasteiger partial charge is 0.494 e. The lowest BCUT2D eigenvalue weighted by molar-refractivity contribution is -0.147. The molecular formula is C14H18O3. The van der Waals surface area contributed by atoms with E-state index in [0.717, 1.165) is 30.6 Å². The van der Waals surface area contributed by atoms with Gasteiger partial charge in [-0.25, -0.2) is 0 Å². The number of carbonyl (C=O) groups is 1. The fourth-order valence-electron chi connectivity index (χ4n) is 2.08. The molecule has 0 radical (unpaired) electrons. The number of rotatable bonds is 5. The highest BCUT2D eigenvalue weighted by Crippen LogP contribution is 2.49. The Morgan fingerprint density at radius 2 is 1.94 bits per heavy atom. The van der Waals surface area contributed by atoms with Gasteiger partial charge in [0.25, 0.3) is 0 Å². The van der Waals surface area contributed by atoms with Crippen molar-refractivity contribution in [2.24, 2.45) is 5.41 Å². The van der Waals surface area contributed by atoms with Crippen LogP contribution in [0.4, 0.5) is 0 Å². The van der Waals surface area contributed by atoms with Gasteiger partial charge in [0.15, 0.2) is 0 Å². The quantitative estimate of drug-likeness (QED) is 0.734. The molecule has 1 aromatic rings. The first kappa shape index (κ1) is 12.0. The van der Waals surface area contributed by atoms with Crippen molar-refractivity contribution < 1.29 is 14.3 Å². The maximum Gasteiger partial charge on any atom is 0.312 e. The molecule has 0 aromatic heterocycles. The average Bonchev–Trinajstić information content (AvgIpc) is 3.12. The maximum atomic E-state index is 11.6. The molecule has 3 heteroatoms. The van der Waals surface area contributed by atoms with Crippen molar-refractivity contribution in [3.8, 4) is 5.75 Å². The first-order valence-corrected chi connectivity index (χ1v) is 6.00. The normalized spacial score (nSPS) is 16.4. The molecular weight excluding hydrogens is 216 g/mol. The van der Waals surface area contributed by atoms with Crippen molar-refractivity contribution in [3.63, 3.8) is 0 Å². The third kappa shape index (κ3) is 2.60. The molecule has 92 valence electrons. The van der Waals surface area contributed by atoms with Gasteiger partial charge in [0.05, 0.1) is 19.1 Å². The topological polar surface area (TPSA) is 35.5 Å². The lowest BCUT2D eigenvalue weighted by atomic mass is 9.96. The smallest absolute Gasteiger partial charge is 0.312 e. The fraction of sp³-hybridized carbons (Fsp3) is 0.500. The Labute approximate surface area is 102 Å². The van der Waals surface area contributed by atoms with E-state index in [0.29, 0.717) is 6.61 Å². The first-order valence-electron chi connectivity index (χ1n) is 6.00. The van der Waals surface area contributed by atoms with Crippen LogP contribution in [0.1, 0.15) is 25.3 Å². The van der Waals surface area contributed by atoms with Gasteiger partial charge in [-0.2, -0.15) is 0 Å². The summed E-state index contributed by atoms with van der Waals surface area (Å²) in [5.41, 5.74) is 0.915. The van der Waals surface area contributed by atoms with Crippen LogP contribution in [0.3, 0.4) is 0 Å². The van der Waals surface area contributed by atoms with Gasteiger partial charge in [-0.1, -0.05) is 12.1 Å². The molecule has 0 amide bonds. The van der Waals surface area contributed by atoms with Gasteiger partial charge in [-0.05, 0) is 43.9 Å². The van der Waals surface area contributed by atoms with Crippen molar-refractivity contribution >= 4 is 5.97 Å². The predicted octanol–water partition coefficient (Wildman–Crippen LogP) is 2.58. The van der Waals surface area contributed by atoms with Crippen molar-refractivity contribution in [1.29, 1.82) is 0 Å². The second-order valence-electron chi connectivity index (χ2n) is 4.53. The number of hydrogen-bond donors (Lipinski definition) is 0. The Kier molecular flexibility index (Phi) is 3.36. The van der Waals surface area contributed by atoms with Crippen LogP contribution in [-0.2, 0) is 16.0 Å². The van der Waals surface area contributed by atoms with Gasteiger partial charge < -0.3 is 9.47 Å². The summed E-state index contributed by atoms with van der Waals surface area (Å²) in [6.45, 7) is 2.63. The third-order valence-corrected chi connectivity index (χ3v) is 3.25. The van der Waals surface area contributed by atoms with Crippen molar-refractivity contribution in [1.82, 2.24) is 0 Å². The van der Waals surface area contributed by atoms with E-state index in [1.54, 1.807) is 0 Å². The Bertz CT molecular complexity index is 390. The van der Waals surface area contributed by atoms with E-state index in [9.17, 15) is 4.79 Å². The van der Waals surface area contributed by atoms with E-state index in [1.807, 2.05) is 31.2 Å². The fourth-order valence-corrected chi connectivity index (χ4v) is 2.08. The summed E-state index contributed by atoms with van der Waals surface area (Å²) in [7, 11) is 1.46. The summed E-state index contributed by atoms with van der Waals surface area (Å²) < 4.78 is 10.2. The minimum Gasteiger partial charge on any atom is -0.494 e. The summed E-state index contributed by atoms with van der Waals surface area (Å²) in [6.07, 6.45) is 2.64. The van der Waals surface area contributed by atoms with Gasteiger partial charge in [0, 0.05) is 0 Å². The van der Waals surface area contributed by atoms with Crippen LogP contribution in [0, 0.1) is 5.41 Å². The predicted molar refractivity (Wildman–Crippen MR) is 65.0 cm³/mol. The molecule has 0 unspecified atom stereocenters. The Morgan fingerprint density at radius 3 is 2.41 bits per heavy atom. The van der Waals surface area contributed by atoms with Gasteiger partial charge in [0.2, 0.25) is 0 Å². The zero-order valence-corrected chi connectivity index (χ0v) is 10.4. The van der Waals surface area contributed by atoms with E-state index >= 15 is 0 Å². The molecule has 0 N–H and O–H groups in total. The standard InChI is InChI=1S/C14H18O3/c1-3-17-12-6-4-11(5-7-12)10-14(8-9-14)13(15)16-2/h4-7H,3,8-10H2,1-2H3. The van der Waals surface area contributed by atoms with E-state index < -0.39 is 0 Å². The lowest BCUT2D eigenvalue weighted by Crippen LogP contribution is -2.19. The van der Waals surface area contributed by atoms with Crippen LogP contribution in [0.5, 0.6) is 5.75 Å². The molecule has 0 aliphatic heterocycles. The Balaban J connectivity index is 2.02. The molecule has 3 nitrogen and oxygen atoms in total. The molecule has 0 heterocycles. The Hall–Kier alpha value is -1.51. The zero-order chi connectivity index (χ0) is 12.3. The summed E-state index contributed by atoms with van der Waals surface area (Å²) in [5.74, 6) is 0.797. The van der Waals surface area contributed by atoms with Crippen molar-refractivity contribution in [2.45, 2.75) is 26.2 Å². The molecule has 1 fully saturated rings. The van der Waals surface area contributed by atoms with Gasteiger partial charge in [-0.3, -0.25) is 4.79 Å². The average molecular weight is 234 g/mol. The van der Waals surface area contributed by atoms with Crippen LogP contribution in [-0.4, -0.2) is 19.7 Å². The summed E-state index contributed by atoms with van der Waals surface area (Å²) in [6, 6.07) is 7.94. The number of hydrogen-bond acceptors (Lipinski definition) is 3. The molecule has 17 heavy (non-hydrogen) atoms. The van der Waals surface area contributed by atoms with Gasteiger partial charge >= 0.3 is 5.97 Å². The molecule has 0 spiro atoms.